The lowest BCUT2D eigenvalue weighted by Crippen LogP contribution is -2.28. The third kappa shape index (κ3) is 4.85. The van der Waals surface area contributed by atoms with Crippen LogP contribution in [0.3, 0.4) is 0 Å². The molecule has 1 fully saturated rings. The second kappa shape index (κ2) is 8.81. The van der Waals surface area contributed by atoms with Gasteiger partial charge in [-0.1, -0.05) is 40.8 Å². The maximum Gasteiger partial charge on any atom is 0.231 e. The summed E-state index contributed by atoms with van der Waals surface area (Å²) in [6, 6.07) is 5.96. The highest BCUT2D eigenvalue weighted by Gasteiger charge is 2.36. The van der Waals surface area contributed by atoms with Crippen LogP contribution in [0.25, 0.3) is 0 Å². The van der Waals surface area contributed by atoms with E-state index in [1.807, 2.05) is 32.0 Å². The van der Waals surface area contributed by atoms with Crippen LogP contribution >= 0.6 is 23.1 Å². The van der Waals surface area contributed by atoms with E-state index in [1.54, 1.807) is 12.0 Å². The van der Waals surface area contributed by atoms with Gasteiger partial charge in [0.05, 0.1) is 12.5 Å². The fourth-order valence-corrected chi connectivity index (χ4v) is 4.69. The standard InChI is InChI=1S/C18H22N4O3S2/c1-11-4-5-14(12(2)8-11)22-10-13(9-15(22)23)16(24)19-17-20-21-18(27-17)26-7-6-25-3/h4-5,8,13H,6-7,9-10H2,1-3H3,(H,19,20,24). The predicted octanol–water partition coefficient (Wildman–Crippen LogP) is 2.89. The average Bonchev–Trinajstić information content (AvgIpc) is 3.22. The van der Waals surface area contributed by atoms with Crippen molar-refractivity contribution in [3.63, 3.8) is 0 Å². The predicted molar refractivity (Wildman–Crippen MR) is 108 cm³/mol. The number of nitrogens with zero attached hydrogens (tertiary/aromatic N) is 3. The first kappa shape index (κ1) is 19.8. The molecule has 1 N–H and O–H groups in total. The third-order valence-electron chi connectivity index (χ3n) is 4.29. The van der Waals surface area contributed by atoms with E-state index >= 15 is 0 Å². The van der Waals surface area contributed by atoms with Crippen LogP contribution in [0, 0.1) is 19.8 Å². The maximum atomic E-state index is 12.6. The Labute approximate surface area is 166 Å². The number of rotatable bonds is 7. The Morgan fingerprint density at radius 3 is 2.96 bits per heavy atom. The first-order valence-electron chi connectivity index (χ1n) is 8.61. The Morgan fingerprint density at radius 2 is 2.22 bits per heavy atom. The van der Waals surface area contributed by atoms with Crippen LogP contribution in [0.2, 0.25) is 0 Å². The molecule has 2 heterocycles. The Hall–Kier alpha value is -1.97. The lowest BCUT2D eigenvalue weighted by atomic mass is 10.1. The van der Waals surface area contributed by atoms with Crippen molar-refractivity contribution in [2.75, 3.05) is 36.2 Å². The molecular weight excluding hydrogens is 384 g/mol. The van der Waals surface area contributed by atoms with Gasteiger partial charge in [0.2, 0.25) is 16.9 Å². The molecule has 1 aromatic heterocycles. The molecule has 3 rings (SSSR count). The Balaban J connectivity index is 1.60. The summed E-state index contributed by atoms with van der Waals surface area (Å²) in [7, 11) is 1.65. The minimum Gasteiger partial charge on any atom is -0.384 e. The zero-order chi connectivity index (χ0) is 19.4. The fraction of sp³-hybridized carbons (Fsp3) is 0.444. The second-order valence-electron chi connectivity index (χ2n) is 6.40. The van der Waals surface area contributed by atoms with Crippen molar-refractivity contribution in [2.45, 2.75) is 24.6 Å². The molecule has 0 saturated carbocycles. The molecule has 27 heavy (non-hydrogen) atoms. The molecular formula is C18H22N4O3S2. The molecule has 2 aromatic rings. The van der Waals surface area contributed by atoms with E-state index < -0.39 is 5.92 Å². The monoisotopic (exact) mass is 406 g/mol. The summed E-state index contributed by atoms with van der Waals surface area (Å²) >= 11 is 2.86. The minimum absolute atomic E-state index is 0.0322. The molecule has 1 saturated heterocycles. The van der Waals surface area contributed by atoms with Crippen molar-refractivity contribution in [1.29, 1.82) is 0 Å². The second-order valence-corrected chi connectivity index (χ2v) is 8.72. The van der Waals surface area contributed by atoms with Crippen molar-refractivity contribution in [3.05, 3.63) is 29.3 Å². The number of aromatic nitrogens is 2. The molecule has 0 bridgehead atoms. The van der Waals surface area contributed by atoms with Gasteiger partial charge in [0.1, 0.15) is 0 Å². The average molecular weight is 407 g/mol. The number of nitrogens with one attached hydrogen (secondary N) is 1. The summed E-state index contributed by atoms with van der Waals surface area (Å²) in [5.41, 5.74) is 3.05. The molecule has 0 spiro atoms. The SMILES string of the molecule is COCCSc1nnc(NC(=O)C2CC(=O)N(c3ccc(C)cc3C)C2)s1. The van der Waals surface area contributed by atoms with Gasteiger partial charge in [0, 0.05) is 31.5 Å². The molecule has 0 radical (unpaired) electrons. The number of hydrogen-bond acceptors (Lipinski definition) is 7. The molecule has 0 aliphatic carbocycles. The van der Waals surface area contributed by atoms with E-state index in [2.05, 4.69) is 15.5 Å². The van der Waals surface area contributed by atoms with E-state index in [1.165, 1.54) is 23.1 Å². The van der Waals surface area contributed by atoms with Gasteiger partial charge in [-0.15, -0.1) is 10.2 Å². The highest BCUT2D eigenvalue weighted by Crippen LogP contribution is 2.30. The molecule has 7 nitrogen and oxygen atoms in total. The van der Waals surface area contributed by atoms with Gasteiger partial charge in [0.15, 0.2) is 4.34 Å². The highest BCUT2D eigenvalue weighted by molar-refractivity contribution is 8.01. The van der Waals surface area contributed by atoms with Crippen molar-refractivity contribution in [2.24, 2.45) is 5.92 Å². The van der Waals surface area contributed by atoms with Gasteiger partial charge in [-0.05, 0) is 25.5 Å². The fourth-order valence-electron chi connectivity index (χ4n) is 2.96. The van der Waals surface area contributed by atoms with E-state index in [0.717, 1.165) is 26.9 Å². The molecule has 1 atom stereocenters. The van der Waals surface area contributed by atoms with Crippen LogP contribution in [-0.2, 0) is 14.3 Å². The zero-order valence-corrected chi connectivity index (χ0v) is 17.2. The quantitative estimate of drug-likeness (QED) is 0.432. The van der Waals surface area contributed by atoms with Crippen LogP contribution in [-0.4, -0.2) is 48.0 Å². The van der Waals surface area contributed by atoms with E-state index in [4.69, 9.17) is 4.74 Å². The number of thioether (sulfide) groups is 1. The number of anilines is 2. The van der Waals surface area contributed by atoms with Crippen LogP contribution in [0.15, 0.2) is 22.5 Å². The molecule has 1 unspecified atom stereocenters. The van der Waals surface area contributed by atoms with Crippen molar-refractivity contribution in [3.8, 4) is 0 Å². The number of aryl methyl sites for hydroxylation is 2. The van der Waals surface area contributed by atoms with Crippen molar-refractivity contribution < 1.29 is 14.3 Å². The molecule has 1 aromatic carbocycles. The van der Waals surface area contributed by atoms with Crippen LogP contribution in [0.4, 0.5) is 10.8 Å². The summed E-state index contributed by atoms with van der Waals surface area (Å²) < 4.78 is 5.78. The summed E-state index contributed by atoms with van der Waals surface area (Å²) in [6.07, 6.45) is 0.202. The van der Waals surface area contributed by atoms with E-state index in [-0.39, 0.29) is 18.2 Å². The number of carbonyl (C=O) groups is 2. The first-order chi connectivity index (χ1) is 13.0. The number of benzene rings is 1. The van der Waals surface area contributed by atoms with E-state index in [9.17, 15) is 9.59 Å². The Kier molecular flexibility index (Phi) is 6.46. The van der Waals surface area contributed by atoms with Crippen molar-refractivity contribution >= 4 is 45.7 Å². The molecule has 144 valence electrons. The van der Waals surface area contributed by atoms with Crippen LogP contribution in [0.1, 0.15) is 17.5 Å². The highest BCUT2D eigenvalue weighted by atomic mass is 32.2. The summed E-state index contributed by atoms with van der Waals surface area (Å²) in [6.45, 7) is 5.00. The molecule has 2 amide bonds. The topological polar surface area (TPSA) is 84.4 Å². The first-order valence-corrected chi connectivity index (χ1v) is 10.4. The Bertz CT molecular complexity index is 840. The number of carbonyl (C=O) groups excluding carboxylic acids is 2. The molecule has 1 aliphatic rings. The third-order valence-corrected chi connectivity index (χ3v) is 6.22. The number of ether oxygens (including phenoxy) is 1. The van der Waals surface area contributed by atoms with Crippen LogP contribution < -0.4 is 10.2 Å². The van der Waals surface area contributed by atoms with Gasteiger partial charge in [0.25, 0.3) is 0 Å². The van der Waals surface area contributed by atoms with Gasteiger partial charge < -0.3 is 15.0 Å². The number of methoxy groups -OCH3 is 1. The van der Waals surface area contributed by atoms with Crippen molar-refractivity contribution in [1.82, 2.24) is 10.2 Å². The Morgan fingerprint density at radius 1 is 1.41 bits per heavy atom. The summed E-state index contributed by atoms with van der Waals surface area (Å²) in [4.78, 5) is 26.7. The number of amides is 2. The number of hydrogen-bond donors (Lipinski definition) is 1. The molecule has 1 aliphatic heterocycles. The van der Waals surface area contributed by atoms with Crippen LogP contribution in [0.5, 0.6) is 0 Å². The molecule has 9 heteroatoms. The zero-order valence-electron chi connectivity index (χ0n) is 15.5. The minimum atomic E-state index is -0.397. The normalized spacial score (nSPS) is 16.8. The smallest absolute Gasteiger partial charge is 0.231 e. The lowest BCUT2D eigenvalue weighted by molar-refractivity contribution is -0.122. The largest absolute Gasteiger partial charge is 0.384 e. The maximum absolute atomic E-state index is 12.6. The van der Waals surface area contributed by atoms with Gasteiger partial charge >= 0.3 is 0 Å². The summed E-state index contributed by atoms with van der Waals surface area (Å²) in [5.74, 6) is 0.156. The van der Waals surface area contributed by atoms with Gasteiger partial charge in [-0.2, -0.15) is 0 Å². The lowest BCUT2D eigenvalue weighted by Gasteiger charge is -2.19. The van der Waals surface area contributed by atoms with Gasteiger partial charge in [-0.3, -0.25) is 9.59 Å². The van der Waals surface area contributed by atoms with E-state index in [0.29, 0.717) is 18.3 Å². The summed E-state index contributed by atoms with van der Waals surface area (Å²) in [5, 5.41) is 11.3. The van der Waals surface area contributed by atoms with Gasteiger partial charge in [-0.25, -0.2) is 0 Å².